The first-order valence-electron chi connectivity index (χ1n) is 7.16. The van der Waals surface area contributed by atoms with E-state index in [9.17, 15) is 0 Å². The van der Waals surface area contributed by atoms with E-state index in [2.05, 4.69) is 49.2 Å². The van der Waals surface area contributed by atoms with Gasteiger partial charge in [0, 0.05) is 41.9 Å². The van der Waals surface area contributed by atoms with Gasteiger partial charge in [-0.3, -0.25) is 4.90 Å². The molecule has 2 rings (SSSR count). The first-order valence-corrected chi connectivity index (χ1v) is 9.36. The summed E-state index contributed by atoms with van der Waals surface area (Å²) in [7, 11) is 0. The third kappa shape index (κ3) is 3.20. The number of hydrogen-bond donors (Lipinski definition) is 1. The van der Waals surface area contributed by atoms with E-state index in [1.54, 1.807) is 0 Å². The van der Waals surface area contributed by atoms with Crippen LogP contribution in [0.2, 0.25) is 0 Å². The van der Waals surface area contributed by atoms with Gasteiger partial charge >= 0.3 is 0 Å². The van der Waals surface area contributed by atoms with Crippen LogP contribution < -0.4 is 5.73 Å². The van der Waals surface area contributed by atoms with Crippen LogP contribution in [0.25, 0.3) is 0 Å². The molecule has 4 heteroatoms. The predicted molar refractivity (Wildman–Crippen MR) is 85.6 cm³/mol. The largest absolute Gasteiger partial charge is 0.329 e. The van der Waals surface area contributed by atoms with Gasteiger partial charge < -0.3 is 5.73 Å². The maximum Gasteiger partial charge on any atom is 0.0428 e. The van der Waals surface area contributed by atoms with E-state index in [0.29, 0.717) is 5.41 Å². The highest BCUT2D eigenvalue weighted by Crippen LogP contribution is 2.43. The Morgan fingerprint density at radius 1 is 1.33 bits per heavy atom. The lowest BCUT2D eigenvalue weighted by molar-refractivity contribution is 0.0713. The molecule has 18 heavy (non-hydrogen) atoms. The van der Waals surface area contributed by atoms with Gasteiger partial charge in [-0.05, 0) is 24.0 Å². The average Bonchev–Trinajstić information content (AvgIpc) is 2.37. The van der Waals surface area contributed by atoms with Crippen molar-refractivity contribution in [2.75, 3.05) is 36.9 Å². The fourth-order valence-corrected chi connectivity index (χ4v) is 6.09. The Morgan fingerprint density at radius 3 is 2.72 bits per heavy atom. The quantitative estimate of drug-likeness (QED) is 0.864. The zero-order valence-electron chi connectivity index (χ0n) is 12.1. The molecule has 2 atom stereocenters. The maximum atomic E-state index is 6.22. The van der Waals surface area contributed by atoms with Crippen LogP contribution in [0.3, 0.4) is 0 Å². The number of rotatable bonds is 3. The summed E-state index contributed by atoms with van der Waals surface area (Å²) in [5.74, 6) is 3.80. The van der Waals surface area contributed by atoms with Crippen LogP contribution in [0.5, 0.6) is 0 Å². The first kappa shape index (κ1) is 15.0. The molecule has 2 N–H and O–H groups in total. The lowest BCUT2D eigenvalue weighted by atomic mass is 9.78. The molecule has 106 valence electrons. The molecule has 2 aliphatic heterocycles. The molecule has 0 aromatic carbocycles. The van der Waals surface area contributed by atoms with Crippen molar-refractivity contribution in [2.24, 2.45) is 11.1 Å². The monoisotopic (exact) mass is 288 g/mol. The highest BCUT2D eigenvalue weighted by Gasteiger charge is 2.44. The van der Waals surface area contributed by atoms with E-state index < -0.39 is 0 Å². The maximum absolute atomic E-state index is 6.22. The standard InChI is InChI=1S/C14H28N2S2/c1-4-12-7-16(5-6-18-12)14(9-15)8-13(2,3)10-17-11-14/h12H,4-11,15H2,1-3H3. The highest BCUT2D eigenvalue weighted by atomic mass is 32.2. The van der Waals surface area contributed by atoms with E-state index in [1.807, 2.05) is 0 Å². The van der Waals surface area contributed by atoms with Gasteiger partial charge in [-0.25, -0.2) is 0 Å². The molecule has 0 saturated carbocycles. The smallest absolute Gasteiger partial charge is 0.0428 e. The Kier molecular flexibility index (Phi) is 4.96. The zero-order valence-corrected chi connectivity index (χ0v) is 13.7. The van der Waals surface area contributed by atoms with Crippen LogP contribution >= 0.6 is 23.5 Å². The second-order valence-electron chi connectivity index (χ2n) is 6.61. The van der Waals surface area contributed by atoms with Gasteiger partial charge in [0.15, 0.2) is 0 Å². The minimum atomic E-state index is 0.265. The van der Waals surface area contributed by atoms with Gasteiger partial charge in [0.05, 0.1) is 0 Å². The Labute approximate surface area is 121 Å². The minimum absolute atomic E-state index is 0.265. The van der Waals surface area contributed by atoms with Crippen LogP contribution in [0, 0.1) is 5.41 Å². The molecule has 2 nitrogen and oxygen atoms in total. The molecular formula is C14H28N2S2. The molecule has 2 saturated heterocycles. The van der Waals surface area contributed by atoms with E-state index in [1.165, 1.54) is 43.2 Å². The molecule has 0 aromatic heterocycles. The normalized spacial score (nSPS) is 37.7. The minimum Gasteiger partial charge on any atom is -0.329 e. The topological polar surface area (TPSA) is 29.3 Å². The Morgan fingerprint density at radius 2 is 2.11 bits per heavy atom. The van der Waals surface area contributed by atoms with Crippen LogP contribution in [-0.2, 0) is 0 Å². The third-order valence-electron chi connectivity index (χ3n) is 4.32. The SMILES string of the molecule is CCC1CN(C2(CN)CSCC(C)(C)C2)CCS1. The molecule has 2 fully saturated rings. The summed E-state index contributed by atoms with van der Waals surface area (Å²) in [4.78, 5) is 2.73. The summed E-state index contributed by atoms with van der Waals surface area (Å²) in [5, 5.41) is 0.817. The number of nitrogens with two attached hydrogens (primary N) is 1. The Bertz CT molecular complexity index is 283. The highest BCUT2D eigenvalue weighted by molar-refractivity contribution is 8.00. The predicted octanol–water partition coefficient (Wildman–Crippen LogP) is 2.67. The Hall–Kier alpha value is 0.620. The molecule has 0 spiro atoms. The molecular weight excluding hydrogens is 260 g/mol. The number of thioether (sulfide) groups is 2. The van der Waals surface area contributed by atoms with Gasteiger partial charge in [-0.2, -0.15) is 23.5 Å². The average molecular weight is 289 g/mol. The summed E-state index contributed by atoms with van der Waals surface area (Å²) >= 11 is 4.26. The van der Waals surface area contributed by atoms with Crippen molar-refractivity contribution >= 4 is 23.5 Å². The molecule has 0 bridgehead atoms. The van der Waals surface area contributed by atoms with Crippen molar-refractivity contribution in [3.8, 4) is 0 Å². The van der Waals surface area contributed by atoms with Crippen LogP contribution in [-0.4, -0.2) is 52.6 Å². The first-order chi connectivity index (χ1) is 8.51. The van der Waals surface area contributed by atoms with E-state index in [-0.39, 0.29) is 5.54 Å². The molecule has 0 amide bonds. The van der Waals surface area contributed by atoms with Crippen LogP contribution in [0.4, 0.5) is 0 Å². The second kappa shape index (κ2) is 5.94. The fourth-order valence-electron chi connectivity index (χ4n) is 3.37. The van der Waals surface area contributed by atoms with Gasteiger partial charge in [-0.1, -0.05) is 20.8 Å². The van der Waals surface area contributed by atoms with Crippen molar-refractivity contribution in [1.29, 1.82) is 0 Å². The van der Waals surface area contributed by atoms with Gasteiger partial charge in [-0.15, -0.1) is 0 Å². The molecule has 2 heterocycles. The number of nitrogens with zero attached hydrogens (tertiary/aromatic N) is 1. The van der Waals surface area contributed by atoms with E-state index >= 15 is 0 Å². The van der Waals surface area contributed by atoms with Gasteiger partial charge in [0.25, 0.3) is 0 Å². The van der Waals surface area contributed by atoms with Crippen molar-refractivity contribution in [3.63, 3.8) is 0 Å². The Balaban J connectivity index is 2.11. The molecule has 2 aliphatic rings. The molecule has 0 radical (unpaired) electrons. The van der Waals surface area contributed by atoms with Gasteiger partial charge in [0.1, 0.15) is 0 Å². The van der Waals surface area contributed by atoms with Crippen LogP contribution in [0.1, 0.15) is 33.6 Å². The molecule has 0 aliphatic carbocycles. The van der Waals surface area contributed by atoms with E-state index in [0.717, 1.165) is 11.8 Å². The summed E-state index contributed by atoms with van der Waals surface area (Å²) in [6, 6.07) is 0. The zero-order chi connectivity index (χ0) is 13.2. The summed E-state index contributed by atoms with van der Waals surface area (Å²) < 4.78 is 0. The lowest BCUT2D eigenvalue weighted by Crippen LogP contribution is -2.62. The van der Waals surface area contributed by atoms with Crippen molar-refractivity contribution < 1.29 is 0 Å². The van der Waals surface area contributed by atoms with E-state index in [4.69, 9.17) is 5.73 Å². The van der Waals surface area contributed by atoms with Crippen molar-refractivity contribution in [2.45, 2.75) is 44.4 Å². The summed E-state index contributed by atoms with van der Waals surface area (Å²) in [6.07, 6.45) is 2.56. The van der Waals surface area contributed by atoms with Crippen molar-refractivity contribution in [1.82, 2.24) is 4.90 Å². The fraction of sp³-hybridized carbons (Fsp3) is 1.00. The molecule has 0 aromatic rings. The summed E-state index contributed by atoms with van der Waals surface area (Å²) in [6.45, 7) is 10.4. The number of hydrogen-bond acceptors (Lipinski definition) is 4. The van der Waals surface area contributed by atoms with Crippen LogP contribution in [0.15, 0.2) is 0 Å². The summed E-state index contributed by atoms with van der Waals surface area (Å²) in [5.41, 5.74) is 6.92. The third-order valence-corrected chi connectivity index (χ3v) is 7.42. The lowest BCUT2D eigenvalue weighted by Gasteiger charge is -2.52. The van der Waals surface area contributed by atoms with Gasteiger partial charge in [0.2, 0.25) is 0 Å². The second-order valence-corrected chi connectivity index (χ2v) is 9.00. The van der Waals surface area contributed by atoms with Crippen molar-refractivity contribution in [3.05, 3.63) is 0 Å². The molecule has 2 unspecified atom stereocenters.